The first kappa shape index (κ1) is 17.3. The molecule has 6 N–H and O–H groups in total. The molecule has 0 bridgehead atoms. The van der Waals surface area contributed by atoms with Gasteiger partial charge >= 0.3 is 12.1 Å². The van der Waals surface area contributed by atoms with Gasteiger partial charge in [-0.1, -0.05) is 17.7 Å². The molecule has 0 fully saturated rings. The van der Waals surface area contributed by atoms with Gasteiger partial charge in [0.05, 0.1) is 0 Å². The van der Waals surface area contributed by atoms with Crippen LogP contribution in [0.25, 0.3) is 0 Å². The van der Waals surface area contributed by atoms with Crippen molar-refractivity contribution < 1.29 is 19.5 Å². The van der Waals surface area contributed by atoms with Gasteiger partial charge in [0.25, 0.3) is 0 Å². The number of primary amides is 1. The van der Waals surface area contributed by atoms with Crippen LogP contribution in [0.1, 0.15) is 18.4 Å². The summed E-state index contributed by atoms with van der Waals surface area (Å²) >= 11 is 0. The molecule has 4 amide bonds. The minimum atomic E-state index is -1.29. The molecule has 1 rings (SSSR count). The van der Waals surface area contributed by atoms with Crippen LogP contribution in [0, 0.1) is 6.92 Å². The third kappa shape index (κ3) is 6.60. The quantitative estimate of drug-likeness (QED) is 0.481. The number of urea groups is 1. The first-order chi connectivity index (χ1) is 10.4. The first-order valence-electron chi connectivity index (χ1n) is 6.79. The van der Waals surface area contributed by atoms with E-state index in [1.165, 1.54) is 0 Å². The molecule has 0 unspecified atom stereocenters. The van der Waals surface area contributed by atoms with Gasteiger partial charge in [0, 0.05) is 12.2 Å². The van der Waals surface area contributed by atoms with E-state index < -0.39 is 24.1 Å². The number of hydrogen-bond donors (Lipinski definition) is 5. The molecule has 120 valence electrons. The smallest absolute Gasteiger partial charge is 0.405 e. The highest BCUT2D eigenvalue weighted by Crippen LogP contribution is 2.10. The van der Waals surface area contributed by atoms with Gasteiger partial charge in [0.2, 0.25) is 5.91 Å². The number of anilines is 1. The fourth-order valence-electron chi connectivity index (χ4n) is 1.80. The zero-order valence-electron chi connectivity index (χ0n) is 12.3. The normalized spacial score (nSPS) is 11.3. The molecule has 0 spiro atoms. The Labute approximate surface area is 128 Å². The molecule has 1 atom stereocenters. The van der Waals surface area contributed by atoms with Crippen molar-refractivity contribution in [2.24, 2.45) is 5.73 Å². The maximum atomic E-state index is 12.1. The molecule has 0 aromatic heterocycles. The third-order valence-electron chi connectivity index (χ3n) is 2.90. The average molecular weight is 308 g/mol. The van der Waals surface area contributed by atoms with Crippen molar-refractivity contribution in [2.75, 3.05) is 11.9 Å². The summed E-state index contributed by atoms with van der Waals surface area (Å²) in [5, 5.41) is 16.0. The zero-order chi connectivity index (χ0) is 16.5. The summed E-state index contributed by atoms with van der Waals surface area (Å²) in [5.41, 5.74) is 6.56. The van der Waals surface area contributed by atoms with E-state index in [9.17, 15) is 14.4 Å². The molecule has 0 saturated heterocycles. The predicted octanol–water partition coefficient (Wildman–Crippen LogP) is 1.02. The second-order valence-corrected chi connectivity index (χ2v) is 4.79. The summed E-state index contributed by atoms with van der Waals surface area (Å²) in [4.78, 5) is 33.4. The Balaban J connectivity index is 2.57. The van der Waals surface area contributed by atoms with Gasteiger partial charge < -0.3 is 26.8 Å². The van der Waals surface area contributed by atoms with Gasteiger partial charge in [0.15, 0.2) is 0 Å². The van der Waals surface area contributed by atoms with Crippen LogP contribution in [0.4, 0.5) is 15.3 Å². The minimum Gasteiger partial charge on any atom is -0.465 e. The van der Waals surface area contributed by atoms with E-state index in [4.69, 9.17) is 10.8 Å². The van der Waals surface area contributed by atoms with Gasteiger partial charge in [-0.25, -0.2) is 9.59 Å². The van der Waals surface area contributed by atoms with Crippen molar-refractivity contribution in [1.29, 1.82) is 0 Å². The SMILES string of the molecule is Cc1ccc(NC(=O)[C@H](CCCNC(N)=O)NC(=O)O)cc1. The van der Waals surface area contributed by atoms with Crippen LogP contribution in [0.15, 0.2) is 24.3 Å². The standard InChI is InChI=1S/C14H20N4O4/c1-9-4-6-10(7-5-9)17-12(19)11(18-14(21)22)3-2-8-16-13(15)20/h4-7,11,18H,2-3,8H2,1H3,(H,17,19)(H,21,22)(H3,15,16,20)/t11-/m0/s1. The van der Waals surface area contributed by atoms with Crippen molar-refractivity contribution >= 4 is 23.7 Å². The molecule has 0 radical (unpaired) electrons. The minimum absolute atomic E-state index is 0.240. The Morgan fingerprint density at radius 2 is 1.86 bits per heavy atom. The predicted molar refractivity (Wildman–Crippen MR) is 81.6 cm³/mol. The lowest BCUT2D eigenvalue weighted by Gasteiger charge is -2.17. The monoisotopic (exact) mass is 308 g/mol. The maximum absolute atomic E-state index is 12.1. The summed E-state index contributed by atoms with van der Waals surface area (Å²) in [6.07, 6.45) is -0.633. The average Bonchev–Trinajstić information content (AvgIpc) is 2.44. The van der Waals surface area contributed by atoms with Crippen molar-refractivity contribution in [3.63, 3.8) is 0 Å². The topological polar surface area (TPSA) is 134 Å². The number of nitrogens with one attached hydrogen (secondary N) is 3. The van der Waals surface area contributed by atoms with Crippen LogP contribution >= 0.6 is 0 Å². The second kappa shape index (κ2) is 8.50. The molecule has 8 nitrogen and oxygen atoms in total. The Hall–Kier alpha value is -2.77. The number of rotatable bonds is 7. The molecule has 0 heterocycles. The lowest BCUT2D eigenvalue weighted by molar-refractivity contribution is -0.118. The van der Waals surface area contributed by atoms with Gasteiger partial charge in [-0.15, -0.1) is 0 Å². The lowest BCUT2D eigenvalue weighted by Crippen LogP contribution is -2.43. The number of benzene rings is 1. The van der Waals surface area contributed by atoms with Crippen molar-refractivity contribution in [2.45, 2.75) is 25.8 Å². The van der Waals surface area contributed by atoms with Crippen molar-refractivity contribution in [3.05, 3.63) is 29.8 Å². The number of aryl methyl sites for hydroxylation is 1. The molecule has 1 aromatic rings. The highest BCUT2D eigenvalue weighted by molar-refractivity contribution is 5.96. The Kier molecular flexibility index (Phi) is 6.68. The second-order valence-electron chi connectivity index (χ2n) is 4.79. The van der Waals surface area contributed by atoms with Crippen molar-refractivity contribution in [1.82, 2.24) is 10.6 Å². The fraction of sp³-hybridized carbons (Fsp3) is 0.357. The Morgan fingerprint density at radius 3 is 2.41 bits per heavy atom. The van der Waals surface area contributed by atoms with E-state index >= 15 is 0 Å². The molecule has 8 heteroatoms. The van der Waals surface area contributed by atoms with Crippen LogP contribution in [-0.2, 0) is 4.79 Å². The first-order valence-corrected chi connectivity index (χ1v) is 6.79. The number of carbonyl (C=O) groups excluding carboxylic acids is 2. The van der Waals surface area contributed by atoms with E-state index in [1.54, 1.807) is 12.1 Å². The molecule has 22 heavy (non-hydrogen) atoms. The fourth-order valence-corrected chi connectivity index (χ4v) is 1.80. The summed E-state index contributed by atoms with van der Waals surface area (Å²) < 4.78 is 0. The Morgan fingerprint density at radius 1 is 1.23 bits per heavy atom. The lowest BCUT2D eigenvalue weighted by atomic mass is 10.1. The highest BCUT2D eigenvalue weighted by atomic mass is 16.4. The molecule has 0 aliphatic heterocycles. The van der Waals surface area contributed by atoms with Crippen LogP contribution < -0.4 is 21.7 Å². The van der Waals surface area contributed by atoms with Gasteiger partial charge in [0.1, 0.15) is 6.04 Å². The summed E-state index contributed by atoms with van der Waals surface area (Å²) in [6.45, 7) is 2.19. The molecule has 1 aromatic carbocycles. The number of carbonyl (C=O) groups is 3. The number of nitrogens with two attached hydrogens (primary N) is 1. The van der Waals surface area contributed by atoms with Crippen LogP contribution in [0.2, 0.25) is 0 Å². The van der Waals surface area contributed by atoms with E-state index in [0.29, 0.717) is 12.1 Å². The van der Waals surface area contributed by atoms with Crippen LogP contribution in [0.3, 0.4) is 0 Å². The Bertz CT molecular complexity index is 530. The van der Waals surface area contributed by atoms with Gasteiger partial charge in [-0.2, -0.15) is 0 Å². The molecule has 0 aliphatic carbocycles. The molecular weight excluding hydrogens is 288 g/mol. The van der Waals surface area contributed by atoms with Crippen molar-refractivity contribution in [3.8, 4) is 0 Å². The van der Waals surface area contributed by atoms with E-state index in [-0.39, 0.29) is 13.0 Å². The largest absolute Gasteiger partial charge is 0.465 e. The van der Waals surface area contributed by atoms with Gasteiger partial charge in [-0.05, 0) is 31.9 Å². The summed E-state index contributed by atoms with van der Waals surface area (Å²) in [7, 11) is 0. The maximum Gasteiger partial charge on any atom is 0.405 e. The number of amides is 4. The van der Waals surface area contributed by atoms with Crippen LogP contribution in [-0.4, -0.2) is 35.7 Å². The van der Waals surface area contributed by atoms with E-state index in [0.717, 1.165) is 5.56 Å². The third-order valence-corrected chi connectivity index (χ3v) is 2.90. The highest BCUT2D eigenvalue weighted by Gasteiger charge is 2.20. The number of hydrogen-bond acceptors (Lipinski definition) is 3. The molecule has 0 saturated carbocycles. The van der Waals surface area contributed by atoms with E-state index in [1.807, 2.05) is 19.1 Å². The molecule has 0 aliphatic rings. The molecular formula is C14H20N4O4. The van der Waals surface area contributed by atoms with Crippen LogP contribution in [0.5, 0.6) is 0 Å². The summed E-state index contributed by atoms with van der Waals surface area (Å²) in [5.74, 6) is -0.453. The van der Waals surface area contributed by atoms with E-state index in [2.05, 4.69) is 16.0 Å². The summed E-state index contributed by atoms with van der Waals surface area (Å²) in [6, 6.07) is 5.58. The number of carboxylic acid groups (broad SMARTS) is 1. The zero-order valence-corrected chi connectivity index (χ0v) is 12.3. The van der Waals surface area contributed by atoms with Gasteiger partial charge in [-0.3, -0.25) is 4.79 Å².